The van der Waals surface area contributed by atoms with Gasteiger partial charge in [-0.15, -0.1) is 11.8 Å². The molecule has 3 nitrogen and oxygen atoms in total. The molecule has 0 radical (unpaired) electrons. The van der Waals surface area contributed by atoms with Gasteiger partial charge in [-0.3, -0.25) is 5.41 Å². The van der Waals surface area contributed by atoms with E-state index in [4.69, 9.17) is 11.1 Å². The monoisotopic (exact) mass is 263 g/mol. The Balaban J connectivity index is 2.46. The first-order valence-corrected chi connectivity index (χ1v) is 7.69. The molecule has 1 aromatic rings. The molecule has 18 heavy (non-hydrogen) atoms. The van der Waals surface area contributed by atoms with Gasteiger partial charge in [0.05, 0.1) is 5.56 Å². The summed E-state index contributed by atoms with van der Waals surface area (Å²) < 4.78 is 0. The summed E-state index contributed by atoms with van der Waals surface area (Å²) in [7, 11) is 0. The van der Waals surface area contributed by atoms with Crippen molar-refractivity contribution in [1.29, 1.82) is 5.41 Å². The second-order valence-electron chi connectivity index (χ2n) is 4.67. The van der Waals surface area contributed by atoms with Gasteiger partial charge in [0, 0.05) is 23.2 Å². The standard InChI is InChI=1S/C14H21N3S/c1-3-10-6-5-9-17(10)11-7-4-8-12(18-2)13(11)14(15)16/h4,7-8,10H,3,5-6,9H2,1-2H3,(H3,15,16). The number of benzene rings is 1. The number of nitrogens with zero attached hydrogens (tertiary/aromatic N) is 1. The summed E-state index contributed by atoms with van der Waals surface area (Å²) in [4.78, 5) is 3.53. The summed E-state index contributed by atoms with van der Waals surface area (Å²) in [5.74, 6) is 0.178. The molecular weight excluding hydrogens is 242 g/mol. The van der Waals surface area contributed by atoms with Crippen LogP contribution in [0.4, 0.5) is 5.69 Å². The normalized spacial score (nSPS) is 19.2. The van der Waals surface area contributed by atoms with Crippen LogP contribution in [-0.4, -0.2) is 24.7 Å². The van der Waals surface area contributed by atoms with Crippen molar-refractivity contribution in [2.24, 2.45) is 5.73 Å². The third kappa shape index (κ3) is 2.34. The first kappa shape index (κ1) is 13.3. The number of nitrogens with one attached hydrogen (secondary N) is 1. The van der Waals surface area contributed by atoms with Gasteiger partial charge in [0.15, 0.2) is 0 Å². The molecule has 0 bridgehead atoms. The van der Waals surface area contributed by atoms with Crippen molar-refractivity contribution >= 4 is 23.3 Å². The Hall–Kier alpha value is -1.16. The van der Waals surface area contributed by atoms with Gasteiger partial charge < -0.3 is 10.6 Å². The second-order valence-corrected chi connectivity index (χ2v) is 5.51. The molecule has 1 fully saturated rings. The van der Waals surface area contributed by atoms with Crippen LogP contribution in [0.25, 0.3) is 0 Å². The largest absolute Gasteiger partial charge is 0.384 e. The minimum atomic E-state index is 0.178. The van der Waals surface area contributed by atoms with E-state index >= 15 is 0 Å². The van der Waals surface area contributed by atoms with Crippen LogP contribution in [-0.2, 0) is 0 Å². The van der Waals surface area contributed by atoms with Gasteiger partial charge in [0.2, 0.25) is 0 Å². The van der Waals surface area contributed by atoms with E-state index in [2.05, 4.69) is 24.0 Å². The summed E-state index contributed by atoms with van der Waals surface area (Å²) in [6, 6.07) is 6.81. The Kier molecular flexibility index (Phi) is 4.17. The molecule has 0 aromatic heterocycles. The average Bonchev–Trinajstić information content (AvgIpc) is 2.85. The number of hydrogen-bond donors (Lipinski definition) is 2. The Bertz CT molecular complexity index is 445. The molecule has 0 spiro atoms. The van der Waals surface area contributed by atoms with Crippen molar-refractivity contribution in [3.8, 4) is 0 Å². The highest BCUT2D eigenvalue weighted by atomic mass is 32.2. The number of anilines is 1. The Morgan fingerprint density at radius 2 is 2.33 bits per heavy atom. The minimum Gasteiger partial charge on any atom is -0.384 e. The van der Waals surface area contributed by atoms with Gasteiger partial charge in [-0.1, -0.05) is 13.0 Å². The van der Waals surface area contributed by atoms with Gasteiger partial charge in [-0.2, -0.15) is 0 Å². The van der Waals surface area contributed by atoms with Crippen LogP contribution in [0.15, 0.2) is 23.1 Å². The van der Waals surface area contributed by atoms with E-state index in [1.165, 1.54) is 12.8 Å². The average molecular weight is 263 g/mol. The summed E-state index contributed by atoms with van der Waals surface area (Å²) in [6.45, 7) is 3.31. The van der Waals surface area contributed by atoms with E-state index in [0.29, 0.717) is 6.04 Å². The lowest BCUT2D eigenvalue weighted by molar-refractivity contribution is 0.645. The van der Waals surface area contributed by atoms with E-state index in [0.717, 1.165) is 29.1 Å². The highest BCUT2D eigenvalue weighted by molar-refractivity contribution is 7.98. The molecule has 4 heteroatoms. The van der Waals surface area contributed by atoms with E-state index in [9.17, 15) is 0 Å². The molecule has 0 saturated carbocycles. The molecule has 1 unspecified atom stereocenters. The van der Waals surface area contributed by atoms with E-state index in [1.54, 1.807) is 11.8 Å². The number of rotatable bonds is 4. The molecule has 98 valence electrons. The van der Waals surface area contributed by atoms with Gasteiger partial charge >= 0.3 is 0 Å². The van der Waals surface area contributed by atoms with Crippen molar-refractivity contribution in [3.05, 3.63) is 23.8 Å². The molecule has 1 heterocycles. The van der Waals surface area contributed by atoms with Crippen molar-refractivity contribution in [3.63, 3.8) is 0 Å². The second kappa shape index (κ2) is 5.65. The number of amidine groups is 1. The molecule has 0 aliphatic carbocycles. The Labute approximate surface area is 113 Å². The lowest BCUT2D eigenvalue weighted by Gasteiger charge is -2.28. The third-order valence-electron chi connectivity index (χ3n) is 3.65. The molecule has 1 aliphatic rings. The zero-order valence-corrected chi connectivity index (χ0v) is 11.9. The van der Waals surface area contributed by atoms with E-state index < -0.39 is 0 Å². The third-order valence-corrected chi connectivity index (χ3v) is 4.43. The first-order valence-electron chi connectivity index (χ1n) is 6.47. The number of nitrogens with two attached hydrogens (primary N) is 1. The molecule has 1 atom stereocenters. The van der Waals surface area contributed by atoms with Crippen molar-refractivity contribution < 1.29 is 0 Å². The predicted molar refractivity (Wildman–Crippen MR) is 79.9 cm³/mol. The van der Waals surface area contributed by atoms with Crippen LogP contribution in [0, 0.1) is 5.41 Å². The summed E-state index contributed by atoms with van der Waals surface area (Å²) in [6.07, 6.45) is 5.67. The fraction of sp³-hybridized carbons (Fsp3) is 0.500. The smallest absolute Gasteiger partial charge is 0.126 e. The van der Waals surface area contributed by atoms with E-state index in [-0.39, 0.29) is 5.84 Å². The lowest BCUT2D eigenvalue weighted by atomic mass is 10.1. The van der Waals surface area contributed by atoms with Gasteiger partial charge in [-0.25, -0.2) is 0 Å². The number of hydrogen-bond acceptors (Lipinski definition) is 3. The van der Waals surface area contributed by atoms with Crippen LogP contribution in [0.5, 0.6) is 0 Å². The fourth-order valence-electron chi connectivity index (χ4n) is 2.78. The first-order chi connectivity index (χ1) is 8.69. The van der Waals surface area contributed by atoms with Crippen molar-refractivity contribution in [2.45, 2.75) is 37.1 Å². The van der Waals surface area contributed by atoms with Crippen molar-refractivity contribution in [2.75, 3.05) is 17.7 Å². The molecule has 1 aromatic carbocycles. The van der Waals surface area contributed by atoms with Crippen LogP contribution in [0.3, 0.4) is 0 Å². The van der Waals surface area contributed by atoms with Crippen LogP contribution in [0.2, 0.25) is 0 Å². The van der Waals surface area contributed by atoms with Crippen LogP contribution in [0.1, 0.15) is 31.7 Å². The lowest BCUT2D eigenvalue weighted by Crippen LogP contribution is -2.31. The highest BCUT2D eigenvalue weighted by Gasteiger charge is 2.26. The highest BCUT2D eigenvalue weighted by Crippen LogP contribution is 2.34. The SMILES string of the molecule is CCC1CCCN1c1cccc(SC)c1C(=N)N. The molecule has 3 N–H and O–H groups in total. The fourth-order valence-corrected chi connectivity index (χ4v) is 3.41. The summed E-state index contributed by atoms with van der Waals surface area (Å²) >= 11 is 1.66. The number of thioether (sulfide) groups is 1. The Morgan fingerprint density at radius 3 is 2.94 bits per heavy atom. The molecule has 1 aliphatic heterocycles. The quantitative estimate of drug-likeness (QED) is 0.498. The minimum absolute atomic E-state index is 0.178. The predicted octanol–water partition coefficient (Wildman–Crippen LogP) is 3.07. The molecule has 1 saturated heterocycles. The van der Waals surface area contributed by atoms with Gasteiger partial charge in [0.1, 0.15) is 5.84 Å². The molecule has 2 rings (SSSR count). The van der Waals surface area contributed by atoms with Gasteiger partial charge in [-0.05, 0) is 37.7 Å². The zero-order chi connectivity index (χ0) is 13.1. The molecule has 0 amide bonds. The number of nitrogen functional groups attached to an aromatic ring is 1. The topological polar surface area (TPSA) is 53.1 Å². The summed E-state index contributed by atoms with van der Waals surface area (Å²) in [5.41, 5.74) is 7.83. The van der Waals surface area contributed by atoms with Crippen molar-refractivity contribution in [1.82, 2.24) is 0 Å². The maximum atomic E-state index is 7.85. The summed E-state index contributed by atoms with van der Waals surface area (Å²) in [5, 5.41) is 7.85. The maximum absolute atomic E-state index is 7.85. The maximum Gasteiger partial charge on any atom is 0.126 e. The van der Waals surface area contributed by atoms with Crippen LogP contribution >= 0.6 is 11.8 Å². The van der Waals surface area contributed by atoms with E-state index in [1.807, 2.05) is 12.3 Å². The van der Waals surface area contributed by atoms with Crippen LogP contribution < -0.4 is 10.6 Å². The zero-order valence-electron chi connectivity index (χ0n) is 11.1. The Morgan fingerprint density at radius 1 is 1.56 bits per heavy atom. The molecular formula is C14H21N3S. The van der Waals surface area contributed by atoms with Gasteiger partial charge in [0.25, 0.3) is 0 Å².